The van der Waals surface area contributed by atoms with E-state index >= 15 is 0 Å². The second-order valence-corrected chi connectivity index (χ2v) is 6.19. The minimum Gasteiger partial charge on any atom is -0.368 e. The van der Waals surface area contributed by atoms with Crippen LogP contribution in [0.2, 0.25) is 0 Å². The Kier molecular flexibility index (Phi) is 3.37. The first-order valence-electron chi connectivity index (χ1n) is 8.13. The van der Waals surface area contributed by atoms with Crippen molar-refractivity contribution in [3.05, 3.63) is 47.7 Å². The Morgan fingerprint density at radius 3 is 2.74 bits per heavy atom. The SMILES string of the molecule is Cc1cccc2[nH]c(-c3cc(C4=CCCCC4)nc(N)n3)cc12. The van der Waals surface area contributed by atoms with Gasteiger partial charge in [0.25, 0.3) is 0 Å². The summed E-state index contributed by atoms with van der Waals surface area (Å²) in [5, 5.41) is 1.22. The Labute approximate surface area is 135 Å². The highest BCUT2D eigenvalue weighted by Gasteiger charge is 2.13. The standard InChI is InChI=1S/C19H20N4/c1-12-6-5-9-15-14(12)10-17(21-15)18-11-16(22-19(20)23-18)13-7-3-2-4-8-13/h5-7,9-11,21H,2-4,8H2,1H3,(H2,20,22,23). The molecule has 3 N–H and O–H groups in total. The van der Waals surface area contributed by atoms with Gasteiger partial charge in [0.05, 0.1) is 17.1 Å². The molecule has 4 heteroatoms. The number of aromatic nitrogens is 3. The minimum absolute atomic E-state index is 0.333. The van der Waals surface area contributed by atoms with Gasteiger partial charge in [-0.15, -0.1) is 0 Å². The first kappa shape index (κ1) is 14.0. The molecule has 4 rings (SSSR count). The van der Waals surface area contributed by atoms with Gasteiger partial charge in [0.1, 0.15) is 0 Å². The fourth-order valence-corrected chi connectivity index (χ4v) is 3.28. The molecule has 0 radical (unpaired) electrons. The summed E-state index contributed by atoms with van der Waals surface area (Å²) in [6.07, 6.45) is 6.96. The topological polar surface area (TPSA) is 67.6 Å². The van der Waals surface area contributed by atoms with E-state index in [1.54, 1.807) is 0 Å². The zero-order chi connectivity index (χ0) is 15.8. The molecular formula is C19H20N4. The van der Waals surface area contributed by atoms with Crippen LogP contribution in [0.4, 0.5) is 5.95 Å². The third kappa shape index (κ3) is 2.61. The van der Waals surface area contributed by atoms with Gasteiger partial charge in [-0.1, -0.05) is 18.2 Å². The summed E-state index contributed by atoms with van der Waals surface area (Å²) in [4.78, 5) is 12.3. The van der Waals surface area contributed by atoms with Gasteiger partial charge in [-0.3, -0.25) is 0 Å². The third-order valence-electron chi connectivity index (χ3n) is 4.52. The number of aromatic amines is 1. The molecule has 0 spiro atoms. The Bertz CT molecular complexity index is 905. The Morgan fingerprint density at radius 1 is 1.09 bits per heavy atom. The quantitative estimate of drug-likeness (QED) is 0.734. The minimum atomic E-state index is 0.333. The number of nitrogens with zero attached hydrogens (tertiary/aromatic N) is 2. The van der Waals surface area contributed by atoms with E-state index in [-0.39, 0.29) is 0 Å². The fourth-order valence-electron chi connectivity index (χ4n) is 3.28. The number of fused-ring (bicyclic) bond motifs is 1. The summed E-state index contributed by atoms with van der Waals surface area (Å²) in [5.74, 6) is 0.333. The largest absolute Gasteiger partial charge is 0.368 e. The van der Waals surface area contributed by atoms with Crippen LogP contribution in [0, 0.1) is 6.92 Å². The number of aryl methyl sites for hydroxylation is 1. The van der Waals surface area contributed by atoms with Crippen LogP contribution in [0.3, 0.4) is 0 Å². The number of hydrogen-bond acceptors (Lipinski definition) is 3. The molecule has 0 saturated heterocycles. The lowest BCUT2D eigenvalue weighted by molar-refractivity contribution is 0.739. The Morgan fingerprint density at radius 2 is 1.96 bits per heavy atom. The third-order valence-corrected chi connectivity index (χ3v) is 4.52. The predicted molar refractivity (Wildman–Crippen MR) is 94.9 cm³/mol. The van der Waals surface area contributed by atoms with Crippen molar-refractivity contribution >= 4 is 22.4 Å². The maximum Gasteiger partial charge on any atom is 0.221 e. The lowest BCUT2D eigenvalue weighted by atomic mass is 9.96. The summed E-state index contributed by atoms with van der Waals surface area (Å²) in [6, 6.07) is 10.5. The molecule has 0 aliphatic heterocycles. The molecule has 3 aromatic rings. The van der Waals surface area contributed by atoms with E-state index in [4.69, 9.17) is 5.73 Å². The lowest BCUT2D eigenvalue weighted by Crippen LogP contribution is -2.02. The predicted octanol–water partition coefficient (Wildman–Crippen LogP) is 4.47. The van der Waals surface area contributed by atoms with E-state index in [9.17, 15) is 0 Å². The average molecular weight is 304 g/mol. The molecule has 1 aliphatic rings. The van der Waals surface area contributed by atoms with Crippen LogP contribution in [0.1, 0.15) is 36.9 Å². The molecule has 0 atom stereocenters. The van der Waals surface area contributed by atoms with Crippen molar-refractivity contribution in [2.75, 3.05) is 5.73 Å². The summed E-state index contributed by atoms with van der Waals surface area (Å²) in [7, 11) is 0. The first-order valence-corrected chi connectivity index (χ1v) is 8.13. The number of nitrogens with two attached hydrogens (primary N) is 1. The van der Waals surface area contributed by atoms with Crippen LogP contribution < -0.4 is 5.73 Å². The Hall–Kier alpha value is -2.62. The summed E-state index contributed by atoms with van der Waals surface area (Å²) >= 11 is 0. The average Bonchev–Trinajstić information content (AvgIpc) is 3.01. The van der Waals surface area contributed by atoms with E-state index in [0.717, 1.165) is 35.4 Å². The molecule has 23 heavy (non-hydrogen) atoms. The molecule has 2 aromatic heterocycles. The zero-order valence-corrected chi connectivity index (χ0v) is 13.3. The molecule has 0 bridgehead atoms. The fraction of sp³-hybridized carbons (Fsp3) is 0.263. The normalized spacial score (nSPS) is 14.9. The van der Waals surface area contributed by atoms with Gasteiger partial charge in [0.2, 0.25) is 5.95 Å². The van der Waals surface area contributed by atoms with Crippen LogP contribution in [0.15, 0.2) is 36.4 Å². The number of nitrogen functional groups attached to an aromatic ring is 1. The number of allylic oxidation sites excluding steroid dienone is 2. The van der Waals surface area contributed by atoms with Crippen LogP contribution in [0.25, 0.3) is 27.9 Å². The van der Waals surface area contributed by atoms with E-state index < -0.39 is 0 Å². The molecule has 1 aliphatic carbocycles. The highest BCUT2D eigenvalue weighted by atomic mass is 15.0. The lowest BCUT2D eigenvalue weighted by Gasteiger charge is -2.13. The maximum atomic E-state index is 5.96. The number of hydrogen-bond donors (Lipinski definition) is 2. The number of nitrogens with one attached hydrogen (secondary N) is 1. The summed E-state index contributed by atoms with van der Waals surface area (Å²) < 4.78 is 0. The van der Waals surface area contributed by atoms with Crippen molar-refractivity contribution in [3.63, 3.8) is 0 Å². The van der Waals surface area contributed by atoms with Gasteiger partial charge in [0.15, 0.2) is 0 Å². The van der Waals surface area contributed by atoms with E-state index in [0.29, 0.717) is 5.95 Å². The molecule has 4 nitrogen and oxygen atoms in total. The van der Waals surface area contributed by atoms with Gasteiger partial charge in [-0.05, 0) is 61.9 Å². The first-order chi connectivity index (χ1) is 11.2. The van der Waals surface area contributed by atoms with Crippen LogP contribution in [0.5, 0.6) is 0 Å². The number of rotatable bonds is 2. The van der Waals surface area contributed by atoms with E-state index in [1.807, 2.05) is 6.07 Å². The number of anilines is 1. The van der Waals surface area contributed by atoms with Crippen LogP contribution >= 0.6 is 0 Å². The van der Waals surface area contributed by atoms with Crippen LogP contribution in [-0.4, -0.2) is 15.0 Å². The van der Waals surface area contributed by atoms with Crippen molar-refractivity contribution < 1.29 is 0 Å². The molecule has 2 heterocycles. The molecule has 1 aromatic carbocycles. The van der Waals surface area contributed by atoms with Gasteiger partial charge in [-0.2, -0.15) is 0 Å². The monoisotopic (exact) mass is 304 g/mol. The molecule has 0 amide bonds. The van der Waals surface area contributed by atoms with Gasteiger partial charge < -0.3 is 10.7 Å². The second-order valence-electron chi connectivity index (χ2n) is 6.19. The Balaban J connectivity index is 1.82. The molecule has 0 fully saturated rings. The molecule has 116 valence electrons. The van der Waals surface area contributed by atoms with Crippen molar-refractivity contribution in [3.8, 4) is 11.4 Å². The highest BCUT2D eigenvalue weighted by molar-refractivity contribution is 5.88. The van der Waals surface area contributed by atoms with E-state index in [1.165, 1.54) is 29.4 Å². The smallest absolute Gasteiger partial charge is 0.221 e. The highest BCUT2D eigenvalue weighted by Crippen LogP contribution is 2.30. The van der Waals surface area contributed by atoms with Crippen LogP contribution in [-0.2, 0) is 0 Å². The van der Waals surface area contributed by atoms with Gasteiger partial charge in [-0.25, -0.2) is 9.97 Å². The second kappa shape index (κ2) is 5.54. The summed E-state index contributed by atoms with van der Waals surface area (Å²) in [5.41, 5.74) is 12.4. The van der Waals surface area contributed by atoms with Crippen molar-refractivity contribution in [1.82, 2.24) is 15.0 Å². The van der Waals surface area contributed by atoms with Gasteiger partial charge in [0, 0.05) is 10.9 Å². The number of H-pyrrole nitrogens is 1. The van der Waals surface area contributed by atoms with E-state index in [2.05, 4.69) is 52.2 Å². The molecular weight excluding hydrogens is 284 g/mol. The maximum absolute atomic E-state index is 5.96. The van der Waals surface area contributed by atoms with Gasteiger partial charge >= 0.3 is 0 Å². The zero-order valence-electron chi connectivity index (χ0n) is 13.3. The summed E-state index contributed by atoms with van der Waals surface area (Å²) in [6.45, 7) is 2.12. The van der Waals surface area contributed by atoms with Crippen molar-refractivity contribution in [2.24, 2.45) is 0 Å². The number of benzene rings is 1. The van der Waals surface area contributed by atoms with Crippen molar-refractivity contribution in [2.45, 2.75) is 32.6 Å². The van der Waals surface area contributed by atoms with Crippen molar-refractivity contribution in [1.29, 1.82) is 0 Å². The molecule has 0 saturated carbocycles. The molecule has 0 unspecified atom stereocenters.